The lowest BCUT2D eigenvalue weighted by Crippen LogP contribution is -2.17. The smallest absolute Gasteiger partial charge is 0.335 e. The Bertz CT molecular complexity index is 865. The fraction of sp³-hybridized carbons (Fsp3) is 0.235. The van der Waals surface area contributed by atoms with Crippen molar-refractivity contribution in [3.63, 3.8) is 0 Å². The number of aryl methyl sites for hydroxylation is 3. The van der Waals surface area contributed by atoms with Crippen LogP contribution in [-0.2, 0) is 10.0 Å². The first kappa shape index (κ1) is 17.0. The van der Waals surface area contributed by atoms with E-state index in [4.69, 9.17) is 5.11 Å². The zero-order valence-electron chi connectivity index (χ0n) is 13.5. The van der Waals surface area contributed by atoms with E-state index in [9.17, 15) is 13.2 Å². The molecule has 122 valence electrons. The van der Waals surface area contributed by atoms with Crippen LogP contribution in [0.3, 0.4) is 0 Å². The molecule has 6 heteroatoms. The minimum absolute atomic E-state index is 0.0162. The summed E-state index contributed by atoms with van der Waals surface area (Å²) in [6, 6.07) is 8.15. The van der Waals surface area contributed by atoms with Crippen molar-refractivity contribution in [1.82, 2.24) is 0 Å². The van der Waals surface area contributed by atoms with Crippen LogP contribution in [0.4, 0.5) is 5.69 Å². The molecule has 0 aromatic heterocycles. The summed E-state index contributed by atoms with van der Waals surface area (Å²) in [5, 5.41) is 9.15. The molecule has 0 heterocycles. The fourth-order valence-corrected chi connectivity index (χ4v) is 3.94. The van der Waals surface area contributed by atoms with E-state index >= 15 is 0 Å². The zero-order valence-corrected chi connectivity index (χ0v) is 14.3. The van der Waals surface area contributed by atoms with Crippen molar-refractivity contribution in [3.8, 4) is 0 Å². The van der Waals surface area contributed by atoms with Gasteiger partial charge >= 0.3 is 5.97 Å². The lowest BCUT2D eigenvalue weighted by molar-refractivity contribution is 0.0696. The van der Waals surface area contributed by atoms with E-state index in [1.807, 2.05) is 32.0 Å². The Morgan fingerprint density at radius 1 is 1.00 bits per heavy atom. The Hall–Kier alpha value is -2.34. The number of carboxylic acid groups (broad SMARTS) is 1. The highest BCUT2D eigenvalue weighted by atomic mass is 32.2. The molecule has 2 aromatic rings. The molecule has 0 bridgehead atoms. The van der Waals surface area contributed by atoms with Gasteiger partial charge in [-0.2, -0.15) is 0 Å². The number of hydrogen-bond donors (Lipinski definition) is 2. The highest BCUT2D eigenvalue weighted by molar-refractivity contribution is 7.92. The van der Waals surface area contributed by atoms with Gasteiger partial charge < -0.3 is 5.11 Å². The van der Waals surface area contributed by atoms with Crippen molar-refractivity contribution < 1.29 is 18.3 Å². The predicted octanol–water partition coefficient (Wildman–Crippen LogP) is 3.42. The molecule has 2 rings (SSSR count). The summed E-state index contributed by atoms with van der Waals surface area (Å²) < 4.78 is 28.1. The molecular formula is C17H19NO4S. The second kappa shape index (κ2) is 6.04. The number of carbonyl (C=O) groups is 1. The van der Waals surface area contributed by atoms with Gasteiger partial charge in [-0.15, -0.1) is 0 Å². The summed E-state index contributed by atoms with van der Waals surface area (Å²) in [6.45, 7) is 6.99. The van der Waals surface area contributed by atoms with E-state index in [1.54, 1.807) is 13.8 Å². The van der Waals surface area contributed by atoms with Crippen molar-refractivity contribution in [1.29, 1.82) is 0 Å². The molecule has 2 aromatic carbocycles. The van der Waals surface area contributed by atoms with Crippen molar-refractivity contribution in [2.24, 2.45) is 0 Å². The van der Waals surface area contributed by atoms with Gasteiger partial charge in [0.15, 0.2) is 0 Å². The predicted molar refractivity (Wildman–Crippen MR) is 89.6 cm³/mol. The fourth-order valence-electron chi connectivity index (χ4n) is 2.39. The van der Waals surface area contributed by atoms with Gasteiger partial charge in [-0.25, -0.2) is 13.2 Å². The van der Waals surface area contributed by atoms with Gasteiger partial charge in [0.2, 0.25) is 0 Å². The number of aromatic carboxylic acids is 1. The minimum Gasteiger partial charge on any atom is -0.478 e. The summed E-state index contributed by atoms with van der Waals surface area (Å²) in [4.78, 5) is 11.2. The zero-order chi connectivity index (χ0) is 17.4. The Morgan fingerprint density at radius 3 is 2.09 bits per heavy atom. The van der Waals surface area contributed by atoms with Crippen molar-refractivity contribution in [2.45, 2.75) is 32.6 Å². The Morgan fingerprint density at radius 2 is 1.57 bits per heavy atom. The molecule has 0 radical (unpaired) electrons. The molecule has 0 aliphatic heterocycles. The molecule has 0 spiro atoms. The van der Waals surface area contributed by atoms with Gasteiger partial charge in [0.1, 0.15) is 0 Å². The standard InChI is InChI=1S/C17H19NO4S/c1-10-6-5-7-11(2)16(10)18-23(21,22)15-9-14(17(19)20)8-12(3)13(15)4/h5-9,18H,1-4H3,(H,19,20). The molecular weight excluding hydrogens is 314 g/mol. The number of para-hydroxylation sites is 1. The van der Waals surface area contributed by atoms with Crippen LogP contribution in [0.1, 0.15) is 32.6 Å². The van der Waals surface area contributed by atoms with Crippen LogP contribution < -0.4 is 4.72 Å². The summed E-state index contributed by atoms with van der Waals surface area (Å²) in [7, 11) is -3.88. The normalized spacial score (nSPS) is 11.3. The molecule has 0 unspecified atom stereocenters. The van der Waals surface area contributed by atoms with E-state index in [-0.39, 0.29) is 10.5 Å². The third-order valence-electron chi connectivity index (χ3n) is 3.87. The average molecular weight is 333 g/mol. The van der Waals surface area contributed by atoms with Gasteiger partial charge in [0.25, 0.3) is 10.0 Å². The summed E-state index contributed by atoms with van der Waals surface area (Å²) >= 11 is 0. The highest BCUT2D eigenvalue weighted by Gasteiger charge is 2.22. The van der Waals surface area contributed by atoms with Crippen LogP contribution in [-0.4, -0.2) is 19.5 Å². The third kappa shape index (κ3) is 3.37. The molecule has 5 nitrogen and oxygen atoms in total. The van der Waals surface area contributed by atoms with E-state index in [2.05, 4.69) is 4.72 Å². The molecule has 0 fully saturated rings. The first-order chi connectivity index (χ1) is 10.6. The SMILES string of the molecule is Cc1cc(C(=O)O)cc(S(=O)(=O)Nc2c(C)cccc2C)c1C. The number of rotatable bonds is 4. The molecule has 0 saturated heterocycles. The second-order valence-corrected chi connectivity index (χ2v) is 7.24. The lowest BCUT2D eigenvalue weighted by Gasteiger charge is -2.16. The molecule has 0 saturated carbocycles. The largest absolute Gasteiger partial charge is 0.478 e. The van der Waals surface area contributed by atoms with Crippen LogP contribution in [0, 0.1) is 27.7 Å². The maximum absolute atomic E-state index is 12.7. The van der Waals surface area contributed by atoms with Gasteiger partial charge in [0, 0.05) is 0 Å². The minimum atomic E-state index is -3.88. The van der Waals surface area contributed by atoms with Crippen LogP contribution >= 0.6 is 0 Å². The van der Waals surface area contributed by atoms with E-state index < -0.39 is 16.0 Å². The summed E-state index contributed by atoms with van der Waals surface area (Å²) in [5.74, 6) is -1.16. The lowest BCUT2D eigenvalue weighted by atomic mass is 10.1. The molecule has 23 heavy (non-hydrogen) atoms. The number of nitrogens with one attached hydrogen (secondary N) is 1. The average Bonchev–Trinajstić information content (AvgIpc) is 2.45. The first-order valence-electron chi connectivity index (χ1n) is 7.07. The third-order valence-corrected chi connectivity index (χ3v) is 5.35. The van der Waals surface area contributed by atoms with Gasteiger partial charge in [-0.1, -0.05) is 18.2 Å². The van der Waals surface area contributed by atoms with E-state index in [0.717, 1.165) is 11.1 Å². The topological polar surface area (TPSA) is 83.5 Å². The number of hydrogen-bond acceptors (Lipinski definition) is 3. The first-order valence-corrected chi connectivity index (χ1v) is 8.55. The maximum atomic E-state index is 12.7. The van der Waals surface area contributed by atoms with Crippen LogP contribution in [0.5, 0.6) is 0 Å². The Labute approximate surface area is 136 Å². The Kier molecular flexibility index (Phi) is 4.47. The van der Waals surface area contributed by atoms with Crippen molar-refractivity contribution >= 4 is 21.7 Å². The molecule has 0 amide bonds. The Balaban J connectivity index is 2.59. The van der Waals surface area contributed by atoms with Gasteiger partial charge in [0.05, 0.1) is 16.1 Å². The highest BCUT2D eigenvalue weighted by Crippen LogP contribution is 2.27. The number of anilines is 1. The molecule has 0 atom stereocenters. The van der Waals surface area contributed by atoms with Crippen LogP contribution in [0.25, 0.3) is 0 Å². The molecule has 0 aliphatic carbocycles. The molecule has 2 N–H and O–H groups in total. The second-order valence-electron chi connectivity index (χ2n) is 5.59. The van der Waals surface area contributed by atoms with Crippen LogP contribution in [0.2, 0.25) is 0 Å². The van der Waals surface area contributed by atoms with Crippen LogP contribution in [0.15, 0.2) is 35.2 Å². The van der Waals surface area contributed by atoms with Crippen molar-refractivity contribution in [2.75, 3.05) is 4.72 Å². The summed E-state index contributed by atoms with van der Waals surface area (Å²) in [6.07, 6.45) is 0. The van der Waals surface area contributed by atoms with Gasteiger partial charge in [-0.3, -0.25) is 4.72 Å². The van der Waals surface area contributed by atoms with Gasteiger partial charge in [-0.05, 0) is 62.1 Å². The van der Waals surface area contributed by atoms with E-state index in [1.165, 1.54) is 12.1 Å². The maximum Gasteiger partial charge on any atom is 0.335 e. The number of sulfonamides is 1. The quantitative estimate of drug-likeness (QED) is 0.898. The monoisotopic (exact) mass is 333 g/mol. The number of benzene rings is 2. The van der Waals surface area contributed by atoms with E-state index in [0.29, 0.717) is 16.8 Å². The molecule has 0 aliphatic rings. The van der Waals surface area contributed by atoms with Crippen molar-refractivity contribution in [3.05, 3.63) is 58.1 Å². The summed E-state index contributed by atoms with van der Waals surface area (Å²) in [5.41, 5.74) is 3.23. The number of carboxylic acids is 1.